The molecule has 0 bridgehead atoms. The van der Waals surface area contributed by atoms with E-state index >= 15 is 0 Å². The van der Waals surface area contributed by atoms with Crippen LogP contribution in [0.5, 0.6) is 0 Å². The predicted octanol–water partition coefficient (Wildman–Crippen LogP) is 3.19. The van der Waals surface area contributed by atoms with Crippen LogP contribution in [0.4, 0.5) is 0 Å². The first-order valence-electron chi connectivity index (χ1n) is 5.75. The van der Waals surface area contributed by atoms with Crippen molar-refractivity contribution in [2.45, 2.75) is 13.8 Å². The maximum atomic E-state index is 10.6. The molecular formula is C15H15NO2. The topological polar surface area (TPSA) is 42.2 Å². The van der Waals surface area contributed by atoms with E-state index in [1.165, 1.54) is 0 Å². The summed E-state index contributed by atoms with van der Waals surface area (Å²) in [6.45, 7) is 4.00. The highest BCUT2D eigenvalue weighted by atomic mass is 16.4. The van der Waals surface area contributed by atoms with Crippen molar-refractivity contribution in [1.82, 2.24) is 4.57 Å². The van der Waals surface area contributed by atoms with Crippen molar-refractivity contribution in [3.8, 4) is 5.69 Å². The lowest BCUT2D eigenvalue weighted by atomic mass is 10.2. The number of benzene rings is 1. The van der Waals surface area contributed by atoms with Gasteiger partial charge >= 0.3 is 5.97 Å². The van der Waals surface area contributed by atoms with Crippen molar-refractivity contribution >= 4 is 12.0 Å². The van der Waals surface area contributed by atoms with Gasteiger partial charge in [-0.3, -0.25) is 0 Å². The van der Waals surface area contributed by atoms with Crippen molar-refractivity contribution in [1.29, 1.82) is 0 Å². The molecule has 0 amide bonds. The summed E-state index contributed by atoms with van der Waals surface area (Å²) in [5.41, 5.74) is 4.14. The summed E-state index contributed by atoms with van der Waals surface area (Å²) >= 11 is 0. The average molecular weight is 241 g/mol. The molecule has 3 nitrogen and oxygen atoms in total. The summed E-state index contributed by atoms with van der Waals surface area (Å²) < 4.78 is 2.11. The van der Waals surface area contributed by atoms with Gasteiger partial charge in [0, 0.05) is 23.2 Å². The lowest BCUT2D eigenvalue weighted by Gasteiger charge is -2.08. The summed E-state index contributed by atoms with van der Waals surface area (Å²) in [7, 11) is 0. The van der Waals surface area contributed by atoms with E-state index in [0.717, 1.165) is 28.7 Å². The van der Waals surface area contributed by atoms with E-state index in [4.69, 9.17) is 5.11 Å². The number of nitrogens with zero attached hydrogens (tertiary/aromatic N) is 1. The zero-order valence-corrected chi connectivity index (χ0v) is 10.4. The van der Waals surface area contributed by atoms with E-state index in [0.29, 0.717) is 0 Å². The molecule has 0 fully saturated rings. The Bertz CT molecular complexity index is 594. The van der Waals surface area contributed by atoms with Crippen molar-refractivity contribution < 1.29 is 9.90 Å². The number of hydrogen-bond donors (Lipinski definition) is 1. The number of para-hydroxylation sites is 1. The van der Waals surface area contributed by atoms with Gasteiger partial charge in [-0.2, -0.15) is 0 Å². The van der Waals surface area contributed by atoms with Crippen LogP contribution in [0.2, 0.25) is 0 Å². The largest absolute Gasteiger partial charge is 0.478 e. The molecule has 0 radical (unpaired) electrons. The van der Waals surface area contributed by atoms with Crippen molar-refractivity contribution in [2.24, 2.45) is 0 Å². The third-order valence-corrected chi connectivity index (χ3v) is 2.89. The van der Waals surface area contributed by atoms with Gasteiger partial charge in [-0.05, 0) is 43.7 Å². The van der Waals surface area contributed by atoms with Crippen LogP contribution < -0.4 is 0 Å². The minimum Gasteiger partial charge on any atom is -0.478 e. The standard InChI is InChI=1S/C15H15NO2/c1-11-10-13(8-9-15(17)18)12(2)16(11)14-6-4-3-5-7-14/h3-10H,1-2H3,(H,17,18)/b9-8+. The molecule has 0 atom stereocenters. The summed E-state index contributed by atoms with van der Waals surface area (Å²) in [5.74, 6) is -0.931. The first-order chi connectivity index (χ1) is 8.59. The molecule has 0 saturated heterocycles. The van der Waals surface area contributed by atoms with Gasteiger partial charge in [0.1, 0.15) is 0 Å². The van der Waals surface area contributed by atoms with E-state index in [1.807, 2.05) is 50.2 Å². The highest BCUT2D eigenvalue weighted by molar-refractivity contribution is 5.85. The minimum atomic E-state index is -0.931. The summed E-state index contributed by atoms with van der Waals surface area (Å²) in [6, 6.07) is 12.0. The smallest absolute Gasteiger partial charge is 0.328 e. The Balaban J connectivity index is 2.48. The van der Waals surface area contributed by atoms with E-state index < -0.39 is 5.97 Å². The molecule has 3 heteroatoms. The monoisotopic (exact) mass is 241 g/mol. The molecule has 1 N–H and O–H groups in total. The maximum absolute atomic E-state index is 10.6. The molecule has 1 aromatic heterocycles. The van der Waals surface area contributed by atoms with Gasteiger partial charge in [0.2, 0.25) is 0 Å². The molecule has 18 heavy (non-hydrogen) atoms. The van der Waals surface area contributed by atoms with Crippen LogP contribution in [0.1, 0.15) is 17.0 Å². The van der Waals surface area contributed by atoms with E-state index in [1.54, 1.807) is 6.08 Å². The lowest BCUT2D eigenvalue weighted by Crippen LogP contribution is -1.98. The van der Waals surface area contributed by atoms with Gasteiger partial charge in [0.05, 0.1) is 0 Å². The quantitative estimate of drug-likeness (QED) is 0.838. The average Bonchev–Trinajstić information content (AvgIpc) is 2.63. The zero-order chi connectivity index (χ0) is 13.1. The molecule has 1 heterocycles. The predicted molar refractivity (Wildman–Crippen MR) is 71.9 cm³/mol. The van der Waals surface area contributed by atoms with Crippen molar-refractivity contribution in [2.75, 3.05) is 0 Å². The van der Waals surface area contributed by atoms with Crippen molar-refractivity contribution in [3.05, 3.63) is 59.4 Å². The molecule has 2 rings (SSSR count). The molecule has 92 valence electrons. The molecule has 0 aliphatic carbocycles. The van der Waals surface area contributed by atoms with Crippen LogP contribution in [0.25, 0.3) is 11.8 Å². The number of rotatable bonds is 3. The number of carboxylic acid groups (broad SMARTS) is 1. The molecule has 2 aromatic rings. The molecule has 0 saturated carbocycles. The third-order valence-electron chi connectivity index (χ3n) is 2.89. The molecule has 0 aliphatic heterocycles. The van der Waals surface area contributed by atoms with E-state index in [-0.39, 0.29) is 0 Å². The van der Waals surface area contributed by atoms with Gasteiger partial charge in [-0.15, -0.1) is 0 Å². The zero-order valence-electron chi connectivity index (χ0n) is 10.4. The fourth-order valence-electron chi connectivity index (χ4n) is 2.09. The van der Waals surface area contributed by atoms with Crippen LogP contribution in [0.15, 0.2) is 42.5 Å². The van der Waals surface area contributed by atoms with Crippen molar-refractivity contribution in [3.63, 3.8) is 0 Å². The molecular weight excluding hydrogens is 226 g/mol. The fraction of sp³-hybridized carbons (Fsp3) is 0.133. The summed E-state index contributed by atoms with van der Waals surface area (Å²) in [4.78, 5) is 10.6. The number of hydrogen-bond acceptors (Lipinski definition) is 1. The van der Waals surface area contributed by atoms with Gasteiger partial charge in [-0.1, -0.05) is 18.2 Å². The van der Waals surface area contributed by atoms with E-state index in [2.05, 4.69) is 4.57 Å². The Morgan fingerprint density at radius 1 is 1.22 bits per heavy atom. The Morgan fingerprint density at radius 2 is 1.89 bits per heavy atom. The number of aromatic nitrogens is 1. The Hall–Kier alpha value is -2.29. The van der Waals surface area contributed by atoms with Gasteiger partial charge in [0.25, 0.3) is 0 Å². The number of carboxylic acids is 1. The van der Waals surface area contributed by atoms with Gasteiger partial charge in [0.15, 0.2) is 0 Å². The second-order valence-corrected chi connectivity index (χ2v) is 4.17. The third kappa shape index (κ3) is 2.35. The minimum absolute atomic E-state index is 0.929. The van der Waals surface area contributed by atoms with Crippen LogP contribution in [0.3, 0.4) is 0 Å². The molecule has 0 aliphatic rings. The molecule has 1 aromatic carbocycles. The molecule has 0 unspecified atom stereocenters. The number of aryl methyl sites for hydroxylation is 1. The van der Waals surface area contributed by atoms with Crippen LogP contribution in [-0.2, 0) is 4.79 Å². The number of aliphatic carboxylic acids is 1. The highest BCUT2D eigenvalue weighted by Gasteiger charge is 2.08. The van der Waals surface area contributed by atoms with Crippen LogP contribution in [-0.4, -0.2) is 15.6 Å². The first-order valence-corrected chi connectivity index (χ1v) is 5.75. The van der Waals surface area contributed by atoms with Gasteiger partial charge in [-0.25, -0.2) is 4.79 Å². The second kappa shape index (κ2) is 4.92. The summed E-state index contributed by atoms with van der Waals surface area (Å²) in [5, 5.41) is 8.67. The second-order valence-electron chi connectivity index (χ2n) is 4.17. The maximum Gasteiger partial charge on any atom is 0.328 e. The SMILES string of the molecule is Cc1cc(/C=C/C(=O)O)c(C)n1-c1ccccc1. The number of carbonyl (C=O) groups is 1. The van der Waals surface area contributed by atoms with E-state index in [9.17, 15) is 4.79 Å². The normalized spacial score (nSPS) is 11.0. The summed E-state index contributed by atoms with van der Waals surface area (Å²) in [6.07, 6.45) is 2.79. The van der Waals surface area contributed by atoms with Crippen LogP contribution >= 0.6 is 0 Å². The fourth-order valence-corrected chi connectivity index (χ4v) is 2.09. The lowest BCUT2D eigenvalue weighted by molar-refractivity contribution is -0.131. The Kier molecular flexibility index (Phi) is 3.33. The highest BCUT2D eigenvalue weighted by Crippen LogP contribution is 2.21. The molecule has 0 spiro atoms. The Labute approximate surface area is 106 Å². The van der Waals surface area contributed by atoms with Crippen LogP contribution in [0, 0.1) is 13.8 Å². The first kappa shape index (κ1) is 12.2. The van der Waals surface area contributed by atoms with Gasteiger partial charge < -0.3 is 9.67 Å². The Morgan fingerprint density at radius 3 is 2.50 bits per heavy atom.